The summed E-state index contributed by atoms with van der Waals surface area (Å²) in [6.07, 6.45) is 0. The van der Waals surface area contributed by atoms with Gasteiger partial charge in [-0.05, 0) is 38.1 Å². The molecule has 27 heavy (non-hydrogen) atoms. The van der Waals surface area contributed by atoms with Gasteiger partial charge in [0, 0.05) is 12.1 Å². The summed E-state index contributed by atoms with van der Waals surface area (Å²) < 4.78 is 32.7. The van der Waals surface area contributed by atoms with E-state index in [0.717, 1.165) is 12.1 Å². The maximum atomic E-state index is 14.0. The number of benzene rings is 2. The van der Waals surface area contributed by atoms with E-state index in [1.54, 1.807) is 38.1 Å². The van der Waals surface area contributed by atoms with Crippen LogP contribution in [0.4, 0.5) is 8.78 Å². The molecule has 3 aromatic rings. The first kappa shape index (κ1) is 19.0. The Morgan fingerprint density at radius 3 is 2.59 bits per heavy atom. The minimum atomic E-state index is -0.923. The number of amides is 1. The Bertz CT molecular complexity index is 975. The van der Waals surface area contributed by atoms with E-state index in [2.05, 4.69) is 10.2 Å². The molecule has 1 heterocycles. The highest BCUT2D eigenvalue weighted by Crippen LogP contribution is 2.26. The Kier molecular flexibility index (Phi) is 5.51. The molecule has 0 N–H and O–H groups in total. The fourth-order valence-electron chi connectivity index (χ4n) is 2.51. The molecule has 3 rings (SSSR count). The quantitative estimate of drug-likeness (QED) is 0.631. The molecule has 140 valence electrons. The van der Waals surface area contributed by atoms with E-state index in [4.69, 9.17) is 16.0 Å². The summed E-state index contributed by atoms with van der Waals surface area (Å²) in [4.78, 5) is 14.1. The van der Waals surface area contributed by atoms with Gasteiger partial charge in [0.25, 0.3) is 5.91 Å². The number of carbonyl (C=O) groups excluding carboxylic acids is 1. The molecule has 0 saturated heterocycles. The largest absolute Gasteiger partial charge is 0.419 e. The lowest BCUT2D eigenvalue weighted by atomic mass is 10.1. The van der Waals surface area contributed by atoms with Crippen molar-refractivity contribution in [1.29, 1.82) is 0 Å². The summed E-state index contributed by atoms with van der Waals surface area (Å²) in [5.41, 5.74) is 0.348. The molecule has 2 aromatic carbocycles. The summed E-state index contributed by atoms with van der Waals surface area (Å²) in [7, 11) is 0. The van der Waals surface area contributed by atoms with Gasteiger partial charge in [0.15, 0.2) is 0 Å². The monoisotopic (exact) mass is 391 g/mol. The summed E-state index contributed by atoms with van der Waals surface area (Å²) in [6, 6.07) is 9.54. The highest BCUT2D eigenvalue weighted by atomic mass is 35.5. The lowest BCUT2D eigenvalue weighted by Crippen LogP contribution is -2.37. The van der Waals surface area contributed by atoms with Crippen molar-refractivity contribution in [2.75, 3.05) is 0 Å². The first-order valence-electron chi connectivity index (χ1n) is 8.20. The SMILES string of the molecule is CC(C)N(Cc1nnc(-c2ccccc2Cl)o1)C(=O)c1ccc(F)cc1F. The fraction of sp³-hybridized carbons (Fsp3) is 0.211. The number of aromatic nitrogens is 2. The second kappa shape index (κ2) is 7.84. The van der Waals surface area contributed by atoms with E-state index in [1.807, 2.05) is 0 Å². The van der Waals surface area contributed by atoms with Gasteiger partial charge in [0.2, 0.25) is 11.8 Å². The minimum Gasteiger partial charge on any atom is -0.419 e. The summed E-state index contributed by atoms with van der Waals surface area (Å²) in [6.45, 7) is 3.51. The topological polar surface area (TPSA) is 59.2 Å². The number of hydrogen-bond donors (Lipinski definition) is 0. The zero-order valence-corrected chi connectivity index (χ0v) is 15.4. The van der Waals surface area contributed by atoms with E-state index in [1.165, 1.54) is 4.90 Å². The van der Waals surface area contributed by atoms with E-state index in [9.17, 15) is 13.6 Å². The van der Waals surface area contributed by atoms with Crippen molar-refractivity contribution in [3.63, 3.8) is 0 Å². The molecular weight excluding hydrogens is 376 g/mol. The third kappa shape index (κ3) is 4.14. The summed E-state index contributed by atoms with van der Waals surface area (Å²) >= 11 is 6.12. The highest BCUT2D eigenvalue weighted by Gasteiger charge is 2.24. The second-order valence-electron chi connectivity index (χ2n) is 6.13. The van der Waals surface area contributed by atoms with Crippen LogP contribution in [0.3, 0.4) is 0 Å². The molecule has 8 heteroatoms. The van der Waals surface area contributed by atoms with E-state index in [-0.39, 0.29) is 29.9 Å². The zero-order valence-electron chi connectivity index (χ0n) is 14.6. The predicted octanol–water partition coefficient (Wildman–Crippen LogP) is 4.72. The smallest absolute Gasteiger partial charge is 0.257 e. The van der Waals surface area contributed by atoms with Crippen LogP contribution >= 0.6 is 11.6 Å². The van der Waals surface area contributed by atoms with Gasteiger partial charge < -0.3 is 9.32 Å². The van der Waals surface area contributed by atoms with E-state index < -0.39 is 17.5 Å². The molecule has 0 fully saturated rings. The van der Waals surface area contributed by atoms with Crippen LogP contribution in [0.15, 0.2) is 46.9 Å². The van der Waals surface area contributed by atoms with Crippen LogP contribution in [0.5, 0.6) is 0 Å². The van der Waals surface area contributed by atoms with Crippen molar-refractivity contribution in [3.8, 4) is 11.5 Å². The maximum absolute atomic E-state index is 14.0. The highest BCUT2D eigenvalue weighted by molar-refractivity contribution is 6.33. The maximum Gasteiger partial charge on any atom is 0.257 e. The van der Waals surface area contributed by atoms with Gasteiger partial charge in [-0.15, -0.1) is 10.2 Å². The molecule has 0 radical (unpaired) electrons. The molecular formula is C19H16ClF2N3O2. The van der Waals surface area contributed by atoms with Crippen LogP contribution in [-0.2, 0) is 6.54 Å². The fourth-order valence-corrected chi connectivity index (χ4v) is 2.73. The Hall–Kier alpha value is -2.80. The standard InChI is InChI=1S/C19H16ClF2N3O2/c1-11(2)25(19(26)14-8-7-12(21)9-16(14)22)10-17-23-24-18(27-17)13-5-3-4-6-15(13)20/h3-9,11H,10H2,1-2H3. The summed E-state index contributed by atoms with van der Waals surface area (Å²) in [5.74, 6) is -1.87. The first-order chi connectivity index (χ1) is 12.9. The van der Waals surface area contributed by atoms with Gasteiger partial charge in [-0.25, -0.2) is 8.78 Å². The van der Waals surface area contributed by atoms with Gasteiger partial charge in [-0.3, -0.25) is 4.79 Å². The van der Waals surface area contributed by atoms with Crippen molar-refractivity contribution in [2.24, 2.45) is 0 Å². The van der Waals surface area contributed by atoms with Crippen LogP contribution in [-0.4, -0.2) is 27.0 Å². The molecule has 0 saturated carbocycles. The van der Waals surface area contributed by atoms with Crippen LogP contribution < -0.4 is 0 Å². The van der Waals surface area contributed by atoms with Crippen LogP contribution in [0.1, 0.15) is 30.1 Å². The number of hydrogen-bond acceptors (Lipinski definition) is 4. The first-order valence-corrected chi connectivity index (χ1v) is 8.58. The molecule has 0 aliphatic rings. The minimum absolute atomic E-state index is 0.0230. The van der Waals surface area contributed by atoms with E-state index in [0.29, 0.717) is 16.7 Å². The van der Waals surface area contributed by atoms with Crippen LogP contribution in [0.2, 0.25) is 5.02 Å². The molecule has 0 spiro atoms. The Balaban J connectivity index is 1.85. The Labute approximate surface area is 159 Å². The normalized spacial score (nSPS) is 11.0. The van der Waals surface area contributed by atoms with Gasteiger partial charge in [0.05, 0.1) is 22.7 Å². The number of halogens is 3. The number of carbonyl (C=O) groups is 1. The Morgan fingerprint density at radius 2 is 1.93 bits per heavy atom. The van der Waals surface area contributed by atoms with Crippen molar-refractivity contribution in [3.05, 3.63) is 70.6 Å². The molecule has 1 amide bonds. The average Bonchev–Trinajstić information content (AvgIpc) is 3.08. The molecule has 0 aliphatic heterocycles. The average molecular weight is 392 g/mol. The summed E-state index contributed by atoms with van der Waals surface area (Å²) in [5, 5.41) is 8.36. The van der Waals surface area contributed by atoms with Crippen molar-refractivity contribution < 1.29 is 18.0 Å². The third-order valence-electron chi connectivity index (χ3n) is 3.92. The lowest BCUT2D eigenvalue weighted by molar-refractivity contribution is 0.0667. The number of rotatable bonds is 5. The molecule has 0 unspecified atom stereocenters. The number of nitrogens with zero attached hydrogens (tertiary/aromatic N) is 3. The predicted molar refractivity (Wildman–Crippen MR) is 96.1 cm³/mol. The van der Waals surface area contributed by atoms with Gasteiger partial charge in [-0.2, -0.15) is 0 Å². The van der Waals surface area contributed by atoms with Gasteiger partial charge >= 0.3 is 0 Å². The molecule has 0 bridgehead atoms. The van der Waals surface area contributed by atoms with Crippen molar-refractivity contribution in [2.45, 2.75) is 26.4 Å². The zero-order chi connectivity index (χ0) is 19.6. The van der Waals surface area contributed by atoms with Crippen molar-refractivity contribution >= 4 is 17.5 Å². The van der Waals surface area contributed by atoms with Crippen LogP contribution in [0.25, 0.3) is 11.5 Å². The van der Waals surface area contributed by atoms with Crippen LogP contribution in [0, 0.1) is 11.6 Å². The van der Waals surface area contributed by atoms with E-state index >= 15 is 0 Å². The van der Waals surface area contributed by atoms with Crippen molar-refractivity contribution in [1.82, 2.24) is 15.1 Å². The molecule has 5 nitrogen and oxygen atoms in total. The van der Waals surface area contributed by atoms with Gasteiger partial charge in [0.1, 0.15) is 11.6 Å². The Morgan fingerprint density at radius 1 is 1.19 bits per heavy atom. The lowest BCUT2D eigenvalue weighted by Gasteiger charge is -2.25. The molecule has 0 atom stereocenters. The molecule has 0 aliphatic carbocycles. The second-order valence-corrected chi connectivity index (χ2v) is 6.54. The van der Waals surface area contributed by atoms with Gasteiger partial charge in [-0.1, -0.05) is 23.7 Å². The third-order valence-corrected chi connectivity index (χ3v) is 4.25. The molecule has 1 aromatic heterocycles.